The Labute approximate surface area is 323 Å². The summed E-state index contributed by atoms with van der Waals surface area (Å²) in [5.41, 5.74) is 11.3. The fourth-order valence-electron chi connectivity index (χ4n) is 7.62. The van der Waals surface area contributed by atoms with E-state index in [1.807, 2.05) is 36.4 Å². The summed E-state index contributed by atoms with van der Waals surface area (Å²) >= 11 is 0. The van der Waals surface area contributed by atoms with Gasteiger partial charge in [0.1, 0.15) is 22.7 Å². The van der Waals surface area contributed by atoms with E-state index in [9.17, 15) is 5.11 Å². The number of phenols is 1. The Bertz CT molecular complexity index is 2900. The van der Waals surface area contributed by atoms with Gasteiger partial charge in [-0.05, 0) is 64.8 Å². The van der Waals surface area contributed by atoms with E-state index < -0.39 is 16.1 Å². The van der Waals surface area contributed by atoms with Gasteiger partial charge in [-0.15, -0.1) is 0 Å². The maximum Gasteiger partial charge on any atom is 0.149 e. The van der Waals surface area contributed by atoms with Gasteiger partial charge in [0.2, 0.25) is 0 Å². The van der Waals surface area contributed by atoms with Crippen LogP contribution in [-0.2, 0) is 0 Å². The first-order valence-electron chi connectivity index (χ1n) is 18.9. The molecule has 0 saturated carbocycles. The van der Waals surface area contributed by atoms with Crippen LogP contribution in [0.4, 0.5) is 0 Å². The van der Waals surface area contributed by atoms with Crippen LogP contribution >= 0.6 is 0 Å². The van der Waals surface area contributed by atoms with Gasteiger partial charge in [0.05, 0.1) is 44.1 Å². The van der Waals surface area contributed by atoms with Crippen molar-refractivity contribution in [3.63, 3.8) is 0 Å². The Morgan fingerprint density at radius 2 is 1.25 bits per heavy atom. The number of aromatic hydroxyl groups is 1. The monoisotopic (exact) mass is 749 g/mol. The molecule has 0 saturated heterocycles. The Hall–Kier alpha value is -6.03. The lowest BCUT2D eigenvalue weighted by Gasteiger charge is -2.20. The standard InChI is InChI=1S/C48H43N3O2Si2/c1-54(2,3)33-24-25-41(49-30-33)40-27-32(26-39-36-19-12-15-23-45(36)53-47(39)40)38-28-34(55(4,5)6)29-43-46(38)50-48(37-20-11-14-22-44(37)52)51(43)42-21-13-10-18-35(42)31-16-8-7-9-17-31/h7-30,52H,1-6H3. The third-order valence-corrected chi connectivity index (χ3v) is 14.7. The summed E-state index contributed by atoms with van der Waals surface area (Å²) in [5.74, 6) is 0.869. The number of hydrogen-bond acceptors (Lipinski definition) is 4. The van der Waals surface area contributed by atoms with Gasteiger partial charge < -0.3 is 9.52 Å². The van der Waals surface area contributed by atoms with E-state index in [0.717, 1.165) is 72.2 Å². The van der Waals surface area contributed by atoms with E-state index in [1.54, 1.807) is 6.07 Å². The van der Waals surface area contributed by atoms with Crippen molar-refractivity contribution in [2.24, 2.45) is 0 Å². The lowest BCUT2D eigenvalue weighted by atomic mass is 9.96. The Kier molecular flexibility index (Phi) is 8.26. The van der Waals surface area contributed by atoms with Crippen LogP contribution in [0.5, 0.6) is 5.75 Å². The number of imidazole rings is 1. The first-order chi connectivity index (χ1) is 26.5. The number of furan rings is 1. The molecule has 0 bridgehead atoms. The lowest BCUT2D eigenvalue weighted by Crippen LogP contribution is -2.37. The predicted molar refractivity (Wildman–Crippen MR) is 236 cm³/mol. The molecule has 5 nitrogen and oxygen atoms in total. The first-order valence-corrected chi connectivity index (χ1v) is 25.9. The number of pyridine rings is 1. The number of rotatable bonds is 7. The predicted octanol–water partition coefficient (Wildman–Crippen LogP) is 11.8. The van der Waals surface area contributed by atoms with E-state index in [0.29, 0.717) is 11.4 Å². The van der Waals surface area contributed by atoms with Crippen molar-refractivity contribution in [1.82, 2.24) is 14.5 Å². The highest BCUT2D eigenvalue weighted by molar-refractivity contribution is 6.89. The minimum Gasteiger partial charge on any atom is -0.507 e. The highest BCUT2D eigenvalue weighted by atomic mass is 28.3. The number of phenolic OH excluding ortho intramolecular Hbond substituents is 1. The molecule has 0 radical (unpaired) electrons. The van der Waals surface area contributed by atoms with Gasteiger partial charge in [0, 0.05) is 33.7 Å². The second-order valence-electron chi connectivity index (χ2n) is 16.5. The number of aromatic nitrogens is 3. The summed E-state index contributed by atoms with van der Waals surface area (Å²) in [7, 11) is -3.46. The largest absolute Gasteiger partial charge is 0.507 e. The normalized spacial score (nSPS) is 12.3. The van der Waals surface area contributed by atoms with Crippen molar-refractivity contribution in [1.29, 1.82) is 0 Å². The molecule has 0 aliphatic carbocycles. The molecule has 3 heterocycles. The third-order valence-electron chi connectivity index (χ3n) is 10.7. The number of para-hydroxylation sites is 3. The number of benzene rings is 6. The van der Waals surface area contributed by atoms with Crippen molar-refractivity contribution in [2.75, 3.05) is 0 Å². The van der Waals surface area contributed by atoms with Crippen molar-refractivity contribution < 1.29 is 9.52 Å². The molecule has 0 fully saturated rings. The van der Waals surface area contributed by atoms with Crippen molar-refractivity contribution in [3.05, 3.63) is 146 Å². The minimum atomic E-state index is -1.90. The molecule has 3 aromatic heterocycles. The van der Waals surface area contributed by atoms with Crippen LogP contribution in [0.25, 0.3) is 83.6 Å². The quantitative estimate of drug-likeness (QED) is 0.165. The molecule has 9 rings (SSSR count). The summed E-state index contributed by atoms with van der Waals surface area (Å²) in [6.45, 7) is 14.2. The lowest BCUT2D eigenvalue weighted by molar-refractivity contribution is 0.477. The number of hydrogen-bond donors (Lipinski definition) is 1. The molecule has 0 aliphatic heterocycles. The molecule has 0 amide bonds. The fourth-order valence-corrected chi connectivity index (χ4v) is 9.80. The maximum absolute atomic E-state index is 11.4. The van der Waals surface area contributed by atoms with Gasteiger partial charge in [0.15, 0.2) is 0 Å². The Morgan fingerprint density at radius 1 is 0.564 bits per heavy atom. The molecule has 270 valence electrons. The zero-order valence-corrected chi connectivity index (χ0v) is 34.1. The zero-order valence-electron chi connectivity index (χ0n) is 32.1. The average Bonchev–Trinajstić information content (AvgIpc) is 3.76. The molecule has 6 aromatic carbocycles. The summed E-state index contributed by atoms with van der Waals surface area (Å²) in [5, 5.41) is 16.1. The van der Waals surface area contributed by atoms with Gasteiger partial charge in [-0.3, -0.25) is 9.55 Å². The molecular formula is C48H43N3O2Si2. The first kappa shape index (κ1) is 34.7. The van der Waals surface area contributed by atoms with Crippen LogP contribution < -0.4 is 10.4 Å². The second kappa shape index (κ2) is 13.1. The molecular weight excluding hydrogens is 707 g/mol. The van der Waals surface area contributed by atoms with Gasteiger partial charge >= 0.3 is 0 Å². The Morgan fingerprint density at radius 3 is 1.98 bits per heavy atom. The SMILES string of the molecule is C[Si](C)(C)c1ccc(-c2cc(-c3cc([Si](C)(C)C)cc4c3nc(-c3ccccc3O)n4-c3ccccc3-c3ccccc3)cc3c2oc2ccccc23)nc1. The molecule has 7 heteroatoms. The van der Waals surface area contributed by atoms with E-state index >= 15 is 0 Å². The van der Waals surface area contributed by atoms with Gasteiger partial charge in [-0.2, -0.15) is 0 Å². The summed E-state index contributed by atoms with van der Waals surface area (Å²) in [6.07, 6.45) is 2.05. The van der Waals surface area contributed by atoms with E-state index in [2.05, 4.69) is 147 Å². The van der Waals surface area contributed by atoms with Gasteiger partial charge in [-0.25, -0.2) is 4.98 Å². The van der Waals surface area contributed by atoms with Crippen LogP contribution in [0.2, 0.25) is 39.3 Å². The minimum absolute atomic E-state index is 0.185. The summed E-state index contributed by atoms with van der Waals surface area (Å²) in [4.78, 5) is 10.6. The van der Waals surface area contributed by atoms with Crippen LogP contribution in [0, 0.1) is 0 Å². The maximum atomic E-state index is 11.4. The molecule has 0 aliphatic rings. The van der Waals surface area contributed by atoms with Crippen molar-refractivity contribution >= 4 is 59.5 Å². The summed E-state index contributed by atoms with van der Waals surface area (Å²) in [6, 6.07) is 48.3. The number of nitrogens with zero attached hydrogens (tertiary/aromatic N) is 3. The van der Waals surface area contributed by atoms with E-state index in [-0.39, 0.29) is 5.75 Å². The zero-order chi connectivity index (χ0) is 38.1. The Balaban J connectivity index is 1.40. The molecule has 0 unspecified atom stereocenters. The van der Waals surface area contributed by atoms with E-state index in [4.69, 9.17) is 14.4 Å². The second-order valence-corrected chi connectivity index (χ2v) is 26.6. The molecule has 1 N–H and O–H groups in total. The molecule has 9 aromatic rings. The average molecular weight is 750 g/mol. The highest BCUT2D eigenvalue weighted by Gasteiger charge is 2.27. The van der Waals surface area contributed by atoms with Gasteiger partial charge in [-0.1, -0.05) is 135 Å². The molecule has 0 atom stereocenters. The summed E-state index contributed by atoms with van der Waals surface area (Å²) < 4.78 is 8.88. The van der Waals surface area contributed by atoms with Crippen molar-refractivity contribution in [3.8, 4) is 56.3 Å². The van der Waals surface area contributed by atoms with E-state index in [1.165, 1.54) is 10.4 Å². The molecule has 55 heavy (non-hydrogen) atoms. The van der Waals surface area contributed by atoms with Gasteiger partial charge in [0.25, 0.3) is 0 Å². The highest BCUT2D eigenvalue weighted by Crippen LogP contribution is 2.43. The van der Waals surface area contributed by atoms with Crippen LogP contribution in [-0.4, -0.2) is 35.8 Å². The number of fused-ring (bicyclic) bond motifs is 4. The van der Waals surface area contributed by atoms with Crippen molar-refractivity contribution in [2.45, 2.75) is 39.3 Å². The third kappa shape index (κ3) is 6.10. The van der Waals surface area contributed by atoms with Crippen LogP contribution in [0.3, 0.4) is 0 Å². The topological polar surface area (TPSA) is 64.1 Å². The molecule has 0 spiro atoms. The van der Waals surface area contributed by atoms with Crippen LogP contribution in [0.1, 0.15) is 0 Å². The smallest absolute Gasteiger partial charge is 0.149 e. The van der Waals surface area contributed by atoms with Crippen LogP contribution in [0.15, 0.2) is 150 Å². The fraction of sp³-hybridized carbons (Fsp3) is 0.125.